The fourth-order valence-corrected chi connectivity index (χ4v) is 5.80. The zero-order valence-electron chi connectivity index (χ0n) is 21.7. The van der Waals surface area contributed by atoms with E-state index < -0.39 is 36.1 Å². The van der Waals surface area contributed by atoms with Crippen LogP contribution in [0.5, 0.6) is 0 Å². The van der Waals surface area contributed by atoms with Gasteiger partial charge in [-0.1, -0.05) is 19.6 Å². The lowest BCUT2D eigenvalue weighted by Gasteiger charge is -2.35. The molecule has 1 aromatic carbocycles. The predicted octanol–water partition coefficient (Wildman–Crippen LogP) is 6.14. The van der Waals surface area contributed by atoms with E-state index in [1.165, 1.54) is 0 Å². The van der Waals surface area contributed by atoms with E-state index >= 15 is 0 Å². The molecule has 0 spiro atoms. The van der Waals surface area contributed by atoms with Gasteiger partial charge in [0.25, 0.3) is 0 Å². The van der Waals surface area contributed by atoms with Gasteiger partial charge in [0, 0.05) is 38.9 Å². The highest BCUT2D eigenvalue weighted by atomic mass is 32.2. The standard InChI is InChI=1S/C25H38F2N4O2SSi/c1-24(2,3)34(32)30-22(19-9-11-25(26,27)12-10-19)23-29-20-8-7-18(16-28)15-21(20)31(23)17-33-13-14-35(4,5)6/h7-8,15,19,22,30H,9-14,17H2,1-6H3/t22-,34?/m0/s1. The average Bonchev–Trinajstić information content (AvgIpc) is 3.11. The number of nitrogens with one attached hydrogen (secondary N) is 1. The predicted molar refractivity (Wildman–Crippen MR) is 139 cm³/mol. The minimum absolute atomic E-state index is 0.145. The molecular formula is C25H38F2N4O2SSi. The monoisotopic (exact) mass is 524 g/mol. The minimum atomic E-state index is -2.66. The van der Waals surface area contributed by atoms with Crippen molar-refractivity contribution in [2.45, 2.75) is 95.6 Å². The van der Waals surface area contributed by atoms with Crippen LogP contribution in [0.1, 0.15) is 63.9 Å². The largest absolute Gasteiger partial charge is 0.598 e. The van der Waals surface area contributed by atoms with Gasteiger partial charge in [0.2, 0.25) is 5.92 Å². The van der Waals surface area contributed by atoms with Crippen molar-refractivity contribution < 1.29 is 18.1 Å². The highest BCUT2D eigenvalue weighted by Gasteiger charge is 2.42. The smallest absolute Gasteiger partial charge is 0.248 e. The lowest BCUT2D eigenvalue weighted by atomic mass is 9.82. The maximum absolute atomic E-state index is 14.0. The summed E-state index contributed by atoms with van der Waals surface area (Å²) < 4.78 is 51.8. The van der Waals surface area contributed by atoms with E-state index in [-0.39, 0.29) is 25.5 Å². The summed E-state index contributed by atoms with van der Waals surface area (Å²) in [6.45, 7) is 13.3. The summed E-state index contributed by atoms with van der Waals surface area (Å²) in [4.78, 5) is 4.86. The van der Waals surface area contributed by atoms with Crippen molar-refractivity contribution in [1.29, 1.82) is 5.26 Å². The molecule has 2 aromatic rings. The SMILES string of the molecule is CC(C)(C)[S+]([O-])N[C@H](c1nc2ccc(C#N)cc2n1COCC[Si](C)(C)C)C1CCC(F)(F)CC1. The van der Waals surface area contributed by atoms with Crippen LogP contribution in [0.2, 0.25) is 25.7 Å². The molecule has 0 aliphatic heterocycles. The average molecular weight is 525 g/mol. The third-order valence-electron chi connectivity index (χ3n) is 6.43. The molecule has 1 aromatic heterocycles. The summed E-state index contributed by atoms with van der Waals surface area (Å²) in [6, 6.07) is 7.98. The van der Waals surface area contributed by atoms with E-state index in [4.69, 9.17) is 9.72 Å². The molecule has 35 heavy (non-hydrogen) atoms. The first kappa shape index (κ1) is 28.1. The second-order valence-corrected chi connectivity index (χ2v) is 19.4. The highest BCUT2D eigenvalue weighted by Crippen LogP contribution is 2.42. The van der Waals surface area contributed by atoms with Crippen LogP contribution in [0.4, 0.5) is 8.78 Å². The first-order valence-corrected chi connectivity index (χ1v) is 17.1. The van der Waals surface area contributed by atoms with Gasteiger partial charge in [-0.05, 0) is 63.8 Å². The number of halogens is 2. The number of hydrogen-bond donors (Lipinski definition) is 1. The molecule has 0 bridgehead atoms. The van der Waals surface area contributed by atoms with E-state index in [9.17, 15) is 18.6 Å². The molecule has 0 amide bonds. The molecule has 1 N–H and O–H groups in total. The van der Waals surface area contributed by atoms with Crippen LogP contribution in [-0.2, 0) is 22.8 Å². The Kier molecular flexibility index (Phi) is 8.70. The van der Waals surface area contributed by atoms with Crippen molar-refractivity contribution in [2.75, 3.05) is 6.61 Å². The number of aromatic nitrogens is 2. The third-order valence-corrected chi connectivity index (χ3v) is 9.71. The fourth-order valence-electron chi connectivity index (χ4n) is 4.17. The summed E-state index contributed by atoms with van der Waals surface area (Å²) in [5.74, 6) is -2.18. The first-order chi connectivity index (χ1) is 16.2. The van der Waals surface area contributed by atoms with Crippen molar-refractivity contribution >= 4 is 30.5 Å². The van der Waals surface area contributed by atoms with Crippen molar-refractivity contribution in [3.63, 3.8) is 0 Å². The van der Waals surface area contributed by atoms with Crippen LogP contribution in [0.25, 0.3) is 11.0 Å². The van der Waals surface area contributed by atoms with Crippen molar-refractivity contribution in [2.24, 2.45) is 5.92 Å². The molecule has 1 aliphatic carbocycles. The number of alkyl halides is 2. The van der Waals surface area contributed by atoms with Crippen LogP contribution in [0.15, 0.2) is 18.2 Å². The molecule has 194 valence electrons. The molecule has 1 heterocycles. The van der Waals surface area contributed by atoms with E-state index in [0.717, 1.165) is 11.6 Å². The number of fused-ring (bicyclic) bond motifs is 1. The van der Waals surface area contributed by atoms with Gasteiger partial charge >= 0.3 is 0 Å². The Morgan fingerprint density at radius 1 is 1.31 bits per heavy atom. The number of hydrogen-bond acceptors (Lipinski definition) is 5. The molecule has 1 unspecified atom stereocenters. The number of rotatable bonds is 9. The summed E-state index contributed by atoms with van der Waals surface area (Å²) in [6.07, 6.45) is 0.247. The van der Waals surface area contributed by atoms with Gasteiger partial charge < -0.3 is 13.9 Å². The zero-order chi connectivity index (χ0) is 26.0. The zero-order valence-corrected chi connectivity index (χ0v) is 23.5. The van der Waals surface area contributed by atoms with Gasteiger partial charge in [-0.3, -0.25) is 0 Å². The Bertz CT molecular complexity index is 1050. The lowest BCUT2D eigenvalue weighted by Crippen LogP contribution is -2.45. The van der Waals surface area contributed by atoms with Crippen LogP contribution >= 0.6 is 0 Å². The van der Waals surface area contributed by atoms with Gasteiger partial charge in [-0.15, -0.1) is 4.72 Å². The van der Waals surface area contributed by atoms with Gasteiger partial charge in [0.05, 0.1) is 22.7 Å². The molecule has 3 rings (SSSR count). The summed E-state index contributed by atoms with van der Waals surface area (Å²) >= 11 is -1.42. The maximum atomic E-state index is 14.0. The highest BCUT2D eigenvalue weighted by molar-refractivity contribution is 7.90. The van der Waals surface area contributed by atoms with Gasteiger partial charge in [0.15, 0.2) is 0 Å². The summed E-state index contributed by atoms with van der Waals surface area (Å²) in [7, 11) is -1.28. The number of ether oxygens (including phenoxy) is 1. The molecular weight excluding hydrogens is 486 g/mol. The van der Waals surface area contributed by atoms with Crippen LogP contribution in [0, 0.1) is 17.2 Å². The summed E-state index contributed by atoms with van der Waals surface area (Å²) in [5, 5.41) is 9.44. The Hall–Kier alpha value is -1.51. The topological polar surface area (TPSA) is 85.9 Å². The van der Waals surface area contributed by atoms with E-state index in [1.807, 2.05) is 25.3 Å². The van der Waals surface area contributed by atoms with Crippen LogP contribution in [0.3, 0.4) is 0 Å². The fraction of sp³-hybridized carbons (Fsp3) is 0.680. The molecule has 6 nitrogen and oxygen atoms in total. The van der Waals surface area contributed by atoms with E-state index in [2.05, 4.69) is 30.4 Å². The quantitative estimate of drug-likeness (QED) is 0.242. The molecule has 10 heteroatoms. The molecule has 1 aliphatic rings. The maximum Gasteiger partial charge on any atom is 0.248 e. The van der Waals surface area contributed by atoms with Crippen molar-refractivity contribution in [1.82, 2.24) is 14.3 Å². The normalized spacial score (nSPS) is 19.0. The van der Waals surface area contributed by atoms with Gasteiger partial charge in [0.1, 0.15) is 23.3 Å². The number of imidazole rings is 1. The number of nitriles is 1. The summed E-state index contributed by atoms with van der Waals surface area (Å²) in [5.41, 5.74) is 1.95. The lowest BCUT2D eigenvalue weighted by molar-refractivity contribution is -0.0495. The van der Waals surface area contributed by atoms with Crippen LogP contribution in [-0.4, -0.2) is 39.5 Å². The second-order valence-electron chi connectivity index (χ2n) is 11.7. The molecule has 2 atom stereocenters. The number of benzene rings is 1. The van der Waals surface area contributed by atoms with E-state index in [0.29, 0.717) is 36.4 Å². The first-order valence-electron chi connectivity index (χ1n) is 12.2. The molecule has 0 radical (unpaired) electrons. The number of nitrogens with zero attached hydrogens (tertiary/aromatic N) is 3. The van der Waals surface area contributed by atoms with Crippen LogP contribution < -0.4 is 4.72 Å². The Morgan fingerprint density at radius 2 is 1.97 bits per heavy atom. The minimum Gasteiger partial charge on any atom is -0.598 e. The third kappa shape index (κ3) is 7.49. The van der Waals surface area contributed by atoms with E-state index in [1.54, 1.807) is 18.2 Å². The van der Waals surface area contributed by atoms with Crippen molar-refractivity contribution in [3.05, 3.63) is 29.6 Å². The molecule has 1 fully saturated rings. The second kappa shape index (κ2) is 10.8. The molecule has 0 saturated heterocycles. The van der Waals surface area contributed by atoms with Gasteiger partial charge in [-0.25, -0.2) is 13.8 Å². The van der Waals surface area contributed by atoms with Crippen molar-refractivity contribution in [3.8, 4) is 6.07 Å². The Morgan fingerprint density at radius 3 is 2.54 bits per heavy atom. The van der Waals surface area contributed by atoms with Gasteiger partial charge in [-0.2, -0.15) is 5.26 Å². The molecule has 1 saturated carbocycles. The Labute approximate surface area is 211 Å². The Balaban J connectivity index is 2.01.